The smallest absolute Gasteiger partial charge is 0.242 e. The van der Waals surface area contributed by atoms with Gasteiger partial charge in [0.2, 0.25) is 5.28 Å². The topological polar surface area (TPSA) is 30.7 Å². The van der Waals surface area contributed by atoms with Gasteiger partial charge in [0.15, 0.2) is 0 Å². The maximum absolute atomic E-state index is 5.80. The number of hydrogen-bond acceptors (Lipinski definition) is 2. The fraction of sp³-hybridized carbons (Fsp3) is 0.231. The van der Waals surface area contributed by atoms with Crippen molar-refractivity contribution in [3.63, 3.8) is 0 Å². The molecule has 0 aliphatic carbocycles. The summed E-state index contributed by atoms with van der Waals surface area (Å²) < 4.78 is 1.84. The molecule has 0 unspecified atom stereocenters. The van der Waals surface area contributed by atoms with Crippen LogP contribution < -0.4 is 0 Å². The van der Waals surface area contributed by atoms with Crippen molar-refractivity contribution in [2.75, 3.05) is 0 Å². The Morgan fingerprint density at radius 2 is 2.06 bits per heavy atom. The quantitative estimate of drug-likeness (QED) is 0.831. The van der Waals surface area contributed by atoms with Crippen LogP contribution in [-0.4, -0.2) is 14.8 Å². The lowest BCUT2D eigenvalue weighted by Gasteiger charge is -2.04. The molecule has 0 amide bonds. The molecule has 1 aromatic heterocycles. The molecule has 0 spiro atoms. The molecule has 1 aromatic carbocycles. The summed E-state index contributed by atoms with van der Waals surface area (Å²) in [6.07, 6.45) is 2.65. The van der Waals surface area contributed by atoms with Crippen LogP contribution >= 0.6 is 11.6 Å². The van der Waals surface area contributed by atoms with Gasteiger partial charge >= 0.3 is 0 Å². The van der Waals surface area contributed by atoms with Crippen LogP contribution in [0.5, 0.6) is 0 Å². The normalized spacial score (nSPS) is 10.5. The number of aryl methyl sites for hydroxylation is 1. The van der Waals surface area contributed by atoms with E-state index in [0.717, 1.165) is 17.8 Å². The zero-order valence-electron chi connectivity index (χ0n) is 9.73. The van der Waals surface area contributed by atoms with Crippen molar-refractivity contribution < 1.29 is 0 Å². The van der Waals surface area contributed by atoms with Gasteiger partial charge in [0.25, 0.3) is 0 Å². The molecule has 0 aliphatic rings. The van der Waals surface area contributed by atoms with Gasteiger partial charge in [0.1, 0.15) is 5.82 Å². The number of halogens is 1. The second kappa shape index (κ2) is 5.15. The van der Waals surface area contributed by atoms with E-state index in [9.17, 15) is 0 Å². The molecule has 17 heavy (non-hydrogen) atoms. The van der Waals surface area contributed by atoms with Gasteiger partial charge < -0.3 is 0 Å². The molecule has 0 saturated carbocycles. The maximum atomic E-state index is 5.80. The lowest BCUT2D eigenvalue weighted by Crippen LogP contribution is -2.06. The average molecular weight is 248 g/mol. The van der Waals surface area contributed by atoms with Crippen molar-refractivity contribution in [1.29, 1.82) is 0 Å². The van der Waals surface area contributed by atoms with Crippen LogP contribution in [0.15, 0.2) is 30.8 Å². The third-order valence-electron chi connectivity index (χ3n) is 2.59. The summed E-state index contributed by atoms with van der Waals surface area (Å²) >= 11 is 5.80. The molecule has 0 atom stereocenters. The first-order valence-corrected chi connectivity index (χ1v) is 5.91. The predicted molar refractivity (Wildman–Crippen MR) is 70.0 cm³/mol. The highest BCUT2D eigenvalue weighted by atomic mass is 35.5. The molecule has 0 bridgehead atoms. The second-order valence-corrected chi connectivity index (χ2v) is 4.09. The minimum absolute atomic E-state index is 0.310. The lowest BCUT2D eigenvalue weighted by molar-refractivity contribution is 0.643. The van der Waals surface area contributed by atoms with Crippen molar-refractivity contribution in [2.24, 2.45) is 0 Å². The summed E-state index contributed by atoms with van der Waals surface area (Å²) in [6.45, 7) is 6.46. The van der Waals surface area contributed by atoms with E-state index in [1.807, 2.05) is 29.8 Å². The number of rotatable bonds is 4. The third kappa shape index (κ3) is 2.74. The molecule has 2 rings (SSSR count). The summed E-state index contributed by atoms with van der Waals surface area (Å²) in [4.78, 5) is 4.16. The lowest BCUT2D eigenvalue weighted by atomic mass is 10.1. The summed E-state index contributed by atoms with van der Waals surface area (Å²) in [7, 11) is 0. The van der Waals surface area contributed by atoms with E-state index in [1.165, 1.54) is 5.56 Å². The SMILES string of the molecule is C=Cc1ccc(Cn2nc(Cl)nc2CC)cc1. The van der Waals surface area contributed by atoms with Crippen LogP contribution in [-0.2, 0) is 13.0 Å². The Morgan fingerprint density at radius 1 is 1.35 bits per heavy atom. The third-order valence-corrected chi connectivity index (χ3v) is 2.75. The summed E-state index contributed by atoms with van der Waals surface area (Å²) in [5, 5.41) is 4.48. The summed E-state index contributed by atoms with van der Waals surface area (Å²) in [5.74, 6) is 0.905. The van der Waals surface area contributed by atoms with Crippen LogP contribution in [0.4, 0.5) is 0 Å². The van der Waals surface area contributed by atoms with Crippen LogP contribution in [0, 0.1) is 0 Å². The van der Waals surface area contributed by atoms with E-state index in [4.69, 9.17) is 11.6 Å². The van der Waals surface area contributed by atoms with E-state index < -0.39 is 0 Å². The van der Waals surface area contributed by atoms with E-state index in [0.29, 0.717) is 11.8 Å². The zero-order chi connectivity index (χ0) is 12.3. The van der Waals surface area contributed by atoms with Gasteiger partial charge in [-0.05, 0) is 22.7 Å². The molecular weight excluding hydrogens is 234 g/mol. The average Bonchev–Trinajstić information content (AvgIpc) is 2.70. The molecule has 88 valence electrons. The number of aromatic nitrogens is 3. The fourth-order valence-electron chi connectivity index (χ4n) is 1.66. The zero-order valence-corrected chi connectivity index (χ0v) is 10.5. The standard InChI is InChI=1S/C13H14ClN3/c1-3-10-5-7-11(8-6-10)9-17-12(4-2)15-13(14)16-17/h3,5-8H,1,4,9H2,2H3. The first-order valence-electron chi connectivity index (χ1n) is 5.53. The Bertz CT molecular complexity index is 514. The highest BCUT2D eigenvalue weighted by molar-refractivity contribution is 6.28. The largest absolute Gasteiger partial charge is 0.244 e. The molecule has 0 radical (unpaired) electrons. The minimum Gasteiger partial charge on any atom is -0.244 e. The number of benzene rings is 1. The van der Waals surface area contributed by atoms with Gasteiger partial charge in [-0.15, -0.1) is 5.10 Å². The number of hydrogen-bond donors (Lipinski definition) is 0. The molecular formula is C13H14ClN3. The molecule has 0 fully saturated rings. The molecule has 1 heterocycles. The van der Waals surface area contributed by atoms with E-state index in [2.05, 4.69) is 28.8 Å². The Morgan fingerprint density at radius 3 is 2.65 bits per heavy atom. The van der Waals surface area contributed by atoms with E-state index >= 15 is 0 Å². The van der Waals surface area contributed by atoms with Crippen LogP contribution in [0.3, 0.4) is 0 Å². The van der Waals surface area contributed by atoms with Crippen molar-refractivity contribution in [1.82, 2.24) is 14.8 Å². The van der Waals surface area contributed by atoms with Gasteiger partial charge in [-0.3, -0.25) is 0 Å². The van der Waals surface area contributed by atoms with E-state index in [1.54, 1.807) is 0 Å². The van der Waals surface area contributed by atoms with Crippen molar-refractivity contribution >= 4 is 17.7 Å². The van der Waals surface area contributed by atoms with Gasteiger partial charge in [-0.2, -0.15) is 0 Å². The van der Waals surface area contributed by atoms with Gasteiger partial charge in [-0.25, -0.2) is 9.67 Å². The second-order valence-electron chi connectivity index (χ2n) is 3.75. The number of nitrogens with zero attached hydrogens (tertiary/aromatic N) is 3. The molecule has 0 aliphatic heterocycles. The Labute approximate surface area is 106 Å². The minimum atomic E-state index is 0.310. The van der Waals surface area contributed by atoms with Gasteiger partial charge in [0, 0.05) is 6.42 Å². The van der Waals surface area contributed by atoms with Crippen molar-refractivity contribution in [3.8, 4) is 0 Å². The summed E-state index contributed by atoms with van der Waals surface area (Å²) in [5.41, 5.74) is 2.29. The van der Waals surface area contributed by atoms with Crippen molar-refractivity contribution in [2.45, 2.75) is 19.9 Å². The predicted octanol–water partition coefficient (Wildman–Crippen LogP) is 3.19. The Kier molecular flexibility index (Phi) is 3.59. The highest BCUT2D eigenvalue weighted by Gasteiger charge is 2.06. The van der Waals surface area contributed by atoms with E-state index in [-0.39, 0.29) is 0 Å². The maximum Gasteiger partial charge on any atom is 0.242 e. The van der Waals surface area contributed by atoms with Gasteiger partial charge in [0.05, 0.1) is 6.54 Å². The molecule has 0 N–H and O–H groups in total. The highest BCUT2D eigenvalue weighted by Crippen LogP contribution is 2.10. The fourth-order valence-corrected chi connectivity index (χ4v) is 1.85. The summed E-state index contributed by atoms with van der Waals surface area (Å²) in [6, 6.07) is 8.19. The molecule has 3 nitrogen and oxygen atoms in total. The molecule has 0 saturated heterocycles. The Hall–Kier alpha value is -1.61. The molecule has 4 heteroatoms. The van der Waals surface area contributed by atoms with Crippen molar-refractivity contribution in [3.05, 3.63) is 53.1 Å². The first-order chi connectivity index (χ1) is 8.22. The Balaban J connectivity index is 2.21. The van der Waals surface area contributed by atoms with Gasteiger partial charge in [-0.1, -0.05) is 43.8 Å². The van der Waals surface area contributed by atoms with Crippen LogP contribution in [0.1, 0.15) is 23.9 Å². The molecule has 2 aromatic rings. The monoisotopic (exact) mass is 247 g/mol. The van der Waals surface area contributed by atoms with Crippen LogP contribution in [0.25, 0.3) is 6.08 Å². The van der Waals surface area contributed by atoms with Crippen LogP contribution in [0.2, 0.25) is 5.28 Å². The first kappa shape index (κ1) is 11.9.